The minimum absolute atomic E-state index is 0.181. The fourth-order valence-electron chi connectivity index (χ4n) is 3.08. The van der Waals surface area contributed by atoms with Gasteiger partial charge in [-0.1, -0.05) is 60.7 Å². The van der Waals surface area contributed by atoms with Gasteiger partial charge in [0.2, 0.25) is 5.89 Å². The predicted octanol–water partition coefficient (Wildman–Crippen LogP) is 4.44. The Bertz CT molecular complexity index is 1190. The minimum Gasteiger partial charge on any atom is -0.451 e. The van der Waals surface area contributed by atoms with Crippen LogP contribution in [0.1, 0.15) is 29.3 Å². The first kappa shape index (κ1) is 21.0. The van der Waals surface area contributed by atoms with E-state index in [1.807, 2.05) is 72.8 Å². The number of hydrogen-bond acceptors (Lipinski definition) is 6. The van der Waals surface area contributed by atoms with Crippen molar-refractivity contribution in [3.8, 4) is 22.6 Å². The van der Waals surface area contributed by atoms with E-state index >= 15 is 0 Å². The molecule has 1 unspecified atom stereocenters. The number of rotatable bonds is 7. The van der Waals surface area contributed by atoms with Gasteiger partial charge < -0.3 is 14.5 Å². The van der Waals surface area contributed by atoms with E-state index in [1.165, 1.54) is 0 Å². The van der Waals surface area contributed by atoms with Crippen LogP contribution in [-0.4, -0.2) is 28.6 Å². The Kier molecular flexibility index (Phi) is 6.36. The molecule has 0 aliphatic heterocycles. The van der Waals surface area contributed by atoms with Crippen molar-refractivity contribution < 1.29 is 18.7 Å². The molecule has 1 N–H and O–H groups in total. The molecule has 0 aliphatic carbocycles. The fraction of sp³-hybridized carbons (Fsp3) is 0.120. The van der Waals surface area contributed by atoms with Gasteiger partial charge in [0.1, 0.15) is 6.54 Å². The summed E-state index contributed by atoms with van der Waals surface area (Å²) in [5, 5.41) is 10.5. The Morgan fingerprint density at radius 1 is 0.844 bits per heavy atom. The fourth-order valence-corrected chi connectivity index (χ4v) is 3.08. The molecule has 1 heterocycles. The maximum absolute atomic E-state index is 12.4. The summed E-state index contributed by atoms with van der Waals surface area (Å²) in [6.45, 7) is 1.35. The molecule has 7 heteroatoms. The SMILES string of the molecule is CC(OC(=O)CNC(=O)c1ccc(-c2ccccc2)cc1)c1nnc(-c2ccccc2)o1. The Morgan fingerprint density at radius 2 is 1.44 bits per heavy atom. The number of carbonyl (C=O) groups is 2. The third-order valence-electron chi connectivity index (χ3n) is 4.76. The summed E-state index contributed by atoms with van der Waals surface area (Å²) in [4.78, 5) is 24.5. The summed E-state index contributed by atoms with van der Waals surface area (Å²) in [6, 6.07) is 26.3. The second kappa shape index (κ2) is 9.70. The highest BCUT2D eigenvalue weighted by Crippen LogP contribution is 2.22. The van der Waals surface area contributed by atoms with Gasteiger partial charge in [-0.15, -0.1) is 10.2 Å². The van der Waals surface area contributed by atoms with Crippen molar-refractivity contribution in [2.75, 3.05) is 6.54 Å². The number of amides is 1. The molecule has 160 valence electrons. The number of hydrogen-bond donors (Lipinski definition) is 1. The molecule has 3 aromatic carbocycles. The van der Waals surface area contributed by atoms with E-state index in [2.05, 4.69) is 15.5 Å². The van der Waals surface area contributed by atoms with Crippen LogP contribution in [0.3, 0.4) is 0 Å². The highest BCUT2D eigenvalue weighted by atomic mass is 16.6. The molecule has 0 saturated heterocycles. The summed E-state index contributed by atoms with van der Waals surface area (Å²) in [5.74, 6) is -0.444. The monoisotopic (exact) mass is 427 g/mol. The molecule has 0 saturated carbocycles. The smallest absolute Gasteiger partial charge is 0.326 e. The van der Waals surface area contributed by atoms with Crippen LogP contribution >= 0.6 is 0 Å². The van der Waals surface area contributed by atoms with Gasteiger partial charge in [0.05, 0.1) is 0 Å². The average molecular weight is 427 g/mol. The number of aromatic nitrogens is 2. The molecule has 4 aromatic rings. The average Bonchev–Trinajstić information content (AvgIpc) is 3.34. The summed E-state index contributed by atoms with van der Waals surface area (Å²) >= 11 is 0. The summed E-state index contributed by atoms with van der Waals surface area (Å²) in [7, 11) is 0. The van der Waals surface area contributed by atoms with Crippen molar-refractivity contribution in [2.24, 2.45) is 0 Å². The second-order valence-electron chi connectivity index (χ2n) is 7.07. The van der Waals surface area contributed by atoms with Crippen molar-refractivity contribution in [1.82, 2.24) is 15.5 Å². The van der Waals surface area contributed by atoms with E-state index in [-0.39, 0.29) is 18.3 Å². The lowest BCUT2D eigenvalue weighted by Gasteiger charge is -2.10. The van der Waals surface area contributed by atoms with E-state index in [1.54, 1.807) is 19.1 Å². The van der Waals surface area contributed by atoms with Crippen LogP contribution in [-0.2, 0) is 9.53 Å². The van der Waals surface area contributed by atoms with E-state index in [0.29, 0.717) is 11.5 Å². The Labute approximate surface area is 185 Å². The molecule has 0 spiro atoms. The second-order valence-corrected chi connectivity index (χ2v) is 7.07. The van der Waals surface area contributed by atoms with E-state index < -0.39 is 12.1 Å². The maximum atomic E-state index is 12.4. The lowest BCUT2D eigenvalue weighted by molar-refractivity contribution is -0.148. The number of carbonyl (C=O) groups excluding carboxylic acids is 2. The van der Waals surface area contributed by atoms with Crippen molar-refractivity contribution in [2.45, 2.75) is 13.0 Å². The van der Waals surface area contributed by atoms with Gasteiger partial charge >= 0.3 is 5.97 Å². The third kappa shape index (κ3) is 5.07. The molecule has 0 bridgehead atoms. The van der Waals surface area contributed by atoms with Crippen molar-refractivity contribution in [1.29, 1.82) is 0 Å². The zero-order valence-corrected chi connectivity index (χ0v) is 17.4. The van der Waals surface area contributed by atoms with E-state index in [0.717, 1.165) is 16.7 Å². The predicted molar refractivity (Wildman–Crippen MR) is 118 cm³/mol. The molecular weight excluding hydrogens is 406 g/mol. The molecule has 1 aromatic heterocycles. The van der Waals surface area contributed by atoms with Gasteiger partial charge in [0.25, 0.3) is 11.8 Å². The molecule has 0 aliphatic rings. The van der Waals surface area contributed by atoms with Crippen LogP contribution in [0.25, 0.3) is 22.6 Å². The van der Waals surface area contributed by atoms with E-state index in [9.17, 15) is 9.59 Å². The maximum Gasteiger partial charge on any atom is 0.326 e. The molecule has 0 radical (unpaired) electrons. The lowest BCUT2D eigenvalue weighted by Crippen LogP contribution is -2.31. The van der Waals surface area contributed by atoms with Gasteiger partial charge in [-0.25, -0.2) is 0 Å². The zero-order chi connectivity index (χ0) is 22.3. The highest BCUT2D eigenvalue weighted by Gasteiger charge is 2.19. The van der Waals surface area contributed by atoms with Crippen molar-refractivity contribution in [3.05, 3.63) is 96.4 Å². The first-order valence-corrected chi connectivity index (χ1v) is 10.1. The van der Waals surface area contributed by atoms with Crippen LogP contribution in [0.15, 0.2) is 89.3 Å². The topological polar surface area (TPSA) is 94.3 Å². The zero-order valence-electron chi connectivity index (χ0n) is 17.4. The minimum atomic E-state index is -0.741. The molecule has 1 atom stereocenters. The quantitative estimate of drug-likeness (QED) is 0.438. The Hall–Kier alpha value is -4.26. The Balaban J connectivity index is 1.29. The van der Waals surface area contributed by atoms with Gasteiger partial charge in [0.15, 0.2) is 6.10 Å². The van der Waals surface area contributed by atoms with Crippen LogP contribution < -0.4 is 5.32 Å². The number of ether oxygens (including phenoxy) is 1. The van der Waals surface area contributed by atoms with Crippen LogP contribution in [0, 0.1) is 0 Å². The van der Waals surface area contributed by atoms with Crippen LogP contribution in [0.4, 0.5) is 0 Å². The number of benzene rings is 3. The highest BCUT2D eigenvalue weighted by molar-refractivity contribution is 5.96. The largest absolute Gasteiger partial charge is 0.451 e. The first-order chi connectivity index (χ1) is 15.6. The molecular formula is C25H21N3O4. The van der Waals surface area contributed by atoms with E-state index in [4.69, 9.17) is 9.15 Å². The van der Waals surface area contributed by atoms with Crippen molar-refractivity contribution in [3.63, 3.8) is 0 Å². The molecule has 32 heavy (non-hydrogen) atoms. The molecule has 0 fully saturated rings. The first-order valence-electron chi connectivity index (χ1n) is 10.1. The van der Waals surface area contributed by atoms with Crippen LogP contribution in [0.5, 0.6) is 0 Å². The molecule has 7 nitrogen and oxygen atoms in total. The summed E-state index contributed by atoms with van der Waals surface area (Å²) < 4.78 is 10.9. The normalized spacial score (nSPS) is 11.5. The number of esters is 1. The third-order valence-corrected chi connectivity index (χ3v) is 4.76. The molecule has 4 rings (SSSR count). The van der Waals surface area contributed by atoms with Gasteiger partial charge in [-0.05, 0) is 42.3 Å². The summed E-state index contributed by atoms with van der Waals surface area (Å²) in [5.41, 5.74) is 3.29. The Morgan fingerprint density at radius 3 is 2.09 bits per heavy atom. The van der Waals surface area contributed by atoms with Gasteiger partial charge in [0, 0.05) is 11.1 Å². The summed E-state index contributed by atoms with van der Waals surface area (Å²) in [6.07, 6.45) is -0.741. The number of nitrogens with zero attached hydrogens (tertiary/aromatic N) is 2. The van der Waals surface area contributed by atoms with Gasteiger partial charge in [-0.2, -0.15) is 0 Å². The lowest BCUT2D eigenvalue weighted by atomic mass is 10.0. The number of nitrogens with one attached hydrogen (secondary N) is 1. The standard InChI is InChI=1S/C25H21N3O4/c1-17(24-27-28-25(32-24)21-10-6-3-7-11-21)31-22(29)16-26-23(30)20-14-12-19(13-15-20)18-8-4-2-5-9-18/h2-15,17H,16H2,1H3,(H,26,30). The van der Waals surface area contributed by atoms with Crippen molar-refractivity contribution >= 4 is 11.9 Å². The molecule has 1 amide bonds. The van der Waals surface area contributed by atoms with Gasteiger partial charge in [-0.3, -0.25) is 9.59 Å². The van der Waals surface area contributed by atoms with Crippen LogP contribution in [0.2, 0.25) is 0 Å².